The van der Waals surface area contributed by atoms with Crippen molar-refractivity contribution in [1.82, 2.24) is 10.2 Å². The lowest BCUT2D eigenvalue weighted by atomic mass is 9.77. The summed E-state index contributed by atoms with van der Waals surface area (Å²) in [7, 11) is 0. The number of nitrogens with one attached hydrogen (secondary N) is 1. The second-order valence-corrected chi connectivity index (χ2v) is 6.60. The molecule has 2 aliphatic rings. The van der Waals surface area contributed by atoms with Gasteiger partial charge < -0.3 is 10.2 Å². The Morgan fingerprint density at radius 2 is 2.12 bits per heavy atom. The molecule has 92 valence electrons. The normalized spacial score (nSPS) is 31.4. The van der Waals surface area contributed by atoms with Crippen LogP contribution in [-0.4, -0.2) is 37.0 Å². The SMILES string of the molecule is CC(C)(C)CN1CCC[C@]2(CCNC2)C1=O. The predicted octanol–water partition coefficient (Wildman–Crippen LogP) is 1.63. The van der Waals surface area contributed by atoms with Crippen molar-refractivity contribution < 1.29 is 4.79 Å². The maximum atomic E-state index is 12.5. The summed E-state index contributed by atoms with van der Waals surface area (Å²) < 4.78 is 0. The van der Waals surface area contributed by atoms with Gasteiger partial charge in [-0.1, -0.05) is 20.8 Å². The van der Waals surface area contributed by atoms with E-state index in [1.54, 1.807) is 0 Å². The molecule has 0 saturated carbocycles. The second-order valence-electron chi connectivity index (χ2n) is 6.60. The van der Waals surface area contributed by atoms with Gasteiger partial charge in [0.25, 0.3) is 0 Å². The van der Waals surface area contributed by atoms with E-state index in [0.717, 1.165) is 39.0 Å². The zero-order chi connectivity index (χ0) is 11.8. The van der Waals surface area contributed by atoms with Gasteiger partial charge in [-0.15, -0.1) is 0 Å². The maximum absolute atomic E-state index is 12.5. The van der Waals surface area contributed by atoms with Crippen LogP contribution in [0.2, 0.25) is 0 Å². The van der Waals surface area contributed by atoms with Crippen LogP contribution in [0, 0.1) is 10.8 Å². The fraction of sp³-hybridized carbons (Fsp3) is 0.923. The summed E-state index contributed by atoms with van der Waals surface area (Å²) in [4.78, 5) is 14.6. The Bertz CT molecular complexity index is 274. The highest BCUT2D eigenvalue weighted by Gasteiger charge is 2.46. The Hall–Kier alpha value is -0.570. The van der Waals surface area contributed by atoms with Crippen LogP contribution in [0.3, 0.4) is 0 Å². The molecule has 16 heavy (non-hydrogen) atoms. The first-order valence-electron chi connectivity index (χ1n) is 6.43. The quantitative estimate of drug-likeness (QED) is 0.734. The fourth-order valence-electron chi connectivity index (χ4n) is 3.02. The minimum absolute atomic E-state index is 0.0521. The molecule has 0 radical (unpaired) electrons. The third-order valence-corrected chi connectivity index (χ3v) is 3.73. The molecule has 1 N–H and O–H groups in total. The number of hydrogen-bond donors (Lipinski definition) is 1. The smallest absolute Gasteiger partial charge is 0.230 e. The van der Waals surface area contributed by atoms with E-state index in [-0.39, 0.29) is 10.8 Å². The summed E-state index contributed by atoms with van der Waals surface area (Å²) in [6.45, 7) is 10.4. The summed E-state index contributed by atoms with van der Waals surface area (Å²) in [6.07, 6.45) is 3.29. The van der Waals surface area contributed by atoms with Gasteiger partial charge in [0, 0.05) is 19.6 Å². The van der Waals surface area contributed by atoms with Gasteiger partial charge in [0.15, 0.2) is 0 Å². The number of rotatable bonds is 1. The standard InChI is InChI=1S/C13H24N2O/c1-12(2,3)10-15-8-4-5-13(11(15)16)6-7-14-9-13/h14H,4-10H2,1-3H3/t13-/m1/s1. The van der Waals surface area contributed by atoms with Gasteiger partial charge in [-0.2, -0.15) is 0 Å². The highest BCUT2D eigenvalue weighted by Crippen LogP contribution is 2.37. The molecule has 0 aromatic rings. The molecule has 3 heteroatoms. The van der Waals surface area contributed by atoms with Crippen LogP contribution in [-0.2, 0) is 4.79 Å². The first-order valence-corrected chi connectivity index (χ1v) is 6.43. The molecule has 1 amide bonds. The number of piperidine rings is 1. The van der Waals surface area contributed by atoms with Crippen LogP contribution < -0.4 is 5.32 Å². The number of amides is 1. The molecule has 2 fully saturated rings. The number of carbonyl (C=O) groups is 1. The molecule has 0 unspecified atom stereocenters. The topological polar surface area (TPSA) is 32.3 Å². The fourth-order valence-corrected chi connectivity index (χ4v) is 3.02. The molecule has 1 spiro atoms. The highest BCUT2D eigenvalue weighted by molar-refractivity contribution is 5.84. The Morgan fingerprint density at radius 3 is 2.69 bits per heavy atom. The summed E-state index contributed by atoms with van der Waals surface area (Å²) in [5.74, 6) is 0.402. The van der Waals surface area contributed by atoms with Gasteiger partial charge in [0.05, 0.1) is 5.41 Å². The summed E-state index contributed by atoms with van der Waals surface area (Å²) in [6, 6.07) is 0. The minimum atomic E-state index is -0.0521. The van der Waals surface area contributed by atoms with E-state index in [2.05, 4.69) is 31.0 Å². The molecular formula is C13H24N2O. The lowest BCUT2D eigenvalue weighted by Crippen LogP contribution is -2.51. The second kappa shape index (κ2) is 4.02. The average Bonchev–Trinajstić information content (AvgIpc) is 2.61. The van der Waals surface area contributed by atoms with Crippen molar-refractivity contribution in [2.24, 2.45) is 10.8 Å². The van der Waals surface area contributed by atoms with Crippen LogP contribution >= 0.6 is 0 Å². The van der Waals surface area contributed by atoms with Crippen LogP contribution in [0.25, 0.3) is 0 Å². The Labute approximate surface area is 98.6 Å². The summed E-state index contributed by atoms with van der Waals surface area (Å²) >= 11 is 0. The van der Waals surface area contributed by atoms with Gasteiger partial charge in [-0.25, -0.2) is 0 Å². The molecule has 2 saturated heterocycles. The number of carbonyl (C=O) groups excluding carboxylic acids is 1. The van der Waals surface area contributed by atoms with E-state index >= 15 is 0 Å². The Morgan fingerprint density at radius 1 is 1.38 bits per heavy atom. The predicted molar refractivity (Wildman–Crippen MR) is 65.2 cm³/mol. The van der Waals surface area contributed by atoms with Crippen molar-refractivity contribution in [2.45, 2.75) is 40.0 Å². The van der Waals surface area contributed by atoms with E-state index in [0.29, 0.717) is 5.91 Å². The van der Waals surface area contributed by atoms with Crippen molar-refractivity contribution in [3.63, 3.8) is 0 Å². The average molecular weight is 224 g/mol. The zero-order valence-corrected chi connectivity index (χ0v) is 10.8. The van der Waals surface area contributed by atoms with Crippen molar-refractivity contribution in [2.75, 3.05) is 26.2 Å². The van der Waals surface area contributed by atoms with E-state index in [9.17, 15) is 4.79 Å². The lowest BCUT2D eigenvalue weighted by Gasteiger charge is -2.41. The molecule has 3 nitrogen and oxygen atoms in total. The first kappa shape index (κ1) is 11.9. The zero-order valence-electron chi connectivity index (χ0n) is 10.8. The molecule has 0 aromatic heterocycles. The van der Waals surface area contributed by atoms with Crippen molar-refractivity contribution in [1.29, 1.82) is 0 Å². The van der Waals surface area contributed by atoms with Crippen molar-refractivity contribution in [3.8, 4) is 0 Å². The molecular weight excluding hydrogens is 200 g/mol. The van der Waals surface area contributed by atoms with Crippen LogP contribution in [0.4, 0.5) is 0 Å². The van der Waals surface area contributed by atoms with E-state index in [1.165, 1.54) is 6.42 Å². The molecule has 0 aromatic carbocycles. The minimum Gasteiger partial charge on any atom is -0.342 e. The van der Waals surface area contributed by atoms with E-state index < -0.39 is 0 Å². The molecule has 0 aliphatic carbocycles. The molecule has 2 heterocycles. The van der Waals surface area contributed by atoms with Crippen molar-refractivity contribution >= 4 is 5.91 Å². The highest BCUT2D eigenvalue weighted by atomic mass is 16.2. The summed E-state index contributed by atoms with van der Waals surface area (Å²) in [5.41, 5.74) is 0.156. The van der Waals surface area contributed by atoms with Gasteiger partial charge in [-0.05, 0) is 31.2 Å². The van der Waals surface area contributed by atoms with Crippen LogP contribution in [0.15, 0.2) is 0 Å². The van der Waals surface area contributed by atoms with E-state index in [1.807, 2.05) is 0 Å². The van der Waals surface area contributed by atoms with Gasteiger partial charge >= 0.3 is 0 Å². The number of hydrogen-bond acceptors (Lipinski definition) is 2. The molecule has 2 rings (SSSR count). The Kier molecular flexibility index (Phi) is 2.99. The molecule has 1 atom stereocenters. The van der Waals surface area contributed by atoms with Crippen molar-refractivity contribution in [3.05, 3.63) is 0 Å². The largest absolute Gasteiger partial charge is 0.342 e. The Balaban J connectivity index is 2.08. The van der Waals surface area contributed by atoms with E-state index in [4.69, 9.17) is 0 Å². The molecule has 2 aliphatic heterocycles. The van der Waals surface area contributed by atoms with Crippen LogP contribution in [0.5, 0.6) is 0 Å². The third kappa shape index (κ3) is 2.24. The summed E-state index contributed by atoms with van der Waals surface area (Å²) in [5, 5.41) is 3.35. The van der Waals surface area contributed by atoms with Gasteiger partial charge in [0.2, 0.25) is 5.91 Å². The van der Waals surface area contributed by atoms with Gasteiger partial charge in [-0.3, -0.25) is 4.79 Å². The van der Waals surface area contributed by atoms with Crippen LogP contribution in [0.1, 0.15) is 40.0 Å². The maximum Gasteiger partial charge on any atom is 0.230 e. The lowest BCUT2D eigenvalue weighted by molar-refractivity contribution is -0.146. The third-order valence-electron chi connectivity index (χ3n) is 3.73. The van der Waals surface area contributed by atoms with Gasteiger partial charge in [0.1, 0.15) is 0 Å². The number of likely N-dealkylation sites (tertiary alicyclic amines) is 1. The monoisotopic (exact) mass is 224 g/mol. The number of nitrogens with zero attached hydrogens (tertiary/aromatic N) is 1. The first-order chi connectivity index (χ1) is 7.43. The molecule has 0 bridgehead atoms.